The van der Waals surface area contributed by atoms with Crippen LogP contribution in [0.3, 0.4) is 0 Å². The zero-order valence-corrected chi connectivity index (χ0v) is 12.2. The Morgan fingerprint density at radius 3 is 2.58 bits per heavy atom. The summed E-state index contributed by atoms with van der Waals surface area (Å²) >= 11 is 9.05. The second-order valence-corrected chi connectivity index (χ2v) is 5.47. The molecule has 0 aliphatic carbocycles. The van der Waals surface area contributed by atoms with Gasteiger partial charge in [0.15, 0.2) is 0 Å². The van der Waals surface area contributed by atoms with Crippen molar-refractivity contribution in [2.75, 3.05) is 0 Å². The smallest absolute Gasteiger partial charge is 0.127 e. The SMILES string of the molecule is Fc1cc(Cl)cc(CNCc2cc(Br)ccc2F)c1. The molecule has 0 radical (unpaired) electrons. The molecule has 0 aromatic heterocycles. The monoisotopic (exact) mass is 345 g/mol. The van der Waals surface area contributed by atoms with Crippen molar-refractivity contribution in [3.05, 3.63) is 68.7 Å². The van der Waals surface area contributed by atoms with Gasteiger partial charge in [-0.1, -0.05) is 27.5 Å². The zero-order chi connectivity index (χ0) is 13.8. The molecule has 0 heterocycles. The summed E-state index contributed by atoms with van der Waals surface area (Å²) in [4.78, 5) is 0. The molecule has 0 aliphatic rings. The van der Waals surface area contributed by atoms with Gasteiger partial charge in [0.2, 0.25) is 0 Å². The Morgan fingerprint density at radius 2 is 1.84 bits per heavy atom. The highest BCUT2D eigenvalue weighted by atomic mass is 79.9. The van der Waals surface area contributed by atoms with E-state index in [0.29, 0.717) is 23.7 Å². The number of halogens is 4. The molecule has 0 saturated heterocycles. The van der Waals surface area contributed by atoms with E-state index in [4.69, 9.17) is 11.6 Å². The van der Waals surface area contributed by atoms with Gasteiger partial charge < -0.3 is 5.32 Å². The normalized spacial score (nSPS) is 10.7. The van der Waals surface area contributed by atoms with E-state index >= 15 is 0 Å². The molecule has 0 fully saturated rings. The lowest BCUT2D eigenvalue weighted by Crippen LogP contribution is -2.14. The summed E-state index contributed by atoms with van der Waals surface area (Å²) in [7, 11) is 0. The van der Waals surface area contributed by atoms with Gasteiger partial charge in [-0.05, 0) is 42.0 Å². The second-order valence-electron chi connectivity index (χ2n) is 4.12. The van der Waals surface area contributed by atoms with E-state index in [2.05, 4.69) is 21.2 Å². The Bertz CT molecular complexity index is 569. The van der Waals surface area contributed by atoms with E-state index < -0.39 is 0 Å². The summed E-state index contributed by atoms with van der Waals surface area (Å²) in [5.41, 5.74) is 1.28. The molecule has 2 rings (SSSR count). The number of nitrogens with one attached hydrogen (secondary N) is 1. The lowest BCUT2D eigenvalue weighted by atomic mass is 10.2. The van der Waals surface area contributed by atoms with Gasteiger partial charge in [0.25, 0.3) is 0 Å². The van der Waals surface area contributed by atoms with E-state index in [0.717, 1.165) is 10.0 Å². The highest BCUT2D eigenvalue weighted by Gasteiger charge is 2.03. The third kappa shape index (κ3) is 4.27. The minimum Gasteiger partial charge on any atom is -0.309 e. The molecule has 0 bridgehead atoms. The maximum absolute atomic E-state index is 13.5. The molecule has 0 saturated carbocycles. The average molecular weight is 347 g/mol. The first-order valence-corrected chi connectivity index (χ1v) is 6.81. The van der Waals surface area contributed by atoms with E-state index in [-0.39, 0.29) is 11.6 Å². The third-order valence-electron chi connectivity index (χ3n) is 2.57. The third-order valence-corrected chi connectivity index (χ3v) is 3.29. The average Bonchev–Trinajstić information content (AvgIpc) is 2.32. The molecular formula is C14H11BrClF2N. The van der Waals surface area contributed by atoms with Gasteiger partial charge in [-0.2, -0.15) is 0 Å². The van der Waals surface area contributed by atoms with Gasteiger partial charge in [0.05, 0.1) is 0 Å². The largest absolute Gasteiger partial charge is 0.309 e. The maximum Gasteiger partial charge on any atom is 0.127 e. The lowest BCUT2D eigenvalue weighted by molar-refractivity contribution is 0.585. The van der Waals surface area contributed by atoms with E-state index in [1.807, 2.05) is 0 Å². The molecule has 0 atom stereocenters. The van der Waals surface area contributed by atoms with Crippen LogP contribution in [0.2, 0.25) is 5.02 Å². The van der Waals surface area contributed by atoms with Crippen LogP contribution in [0.1, 0.15) is 11.1 Å². The number of benzene rings is 2. The van der Waals surface area contributed by atoms with Crippen LogP contribution in [0.4, 0.5) is 8.78 Å². The fourth-order valence-corrected chi connectivity index (χ4v) is 2.39. The van der Waals surface area contributed by atoms with Gasteiger partial charge in [-0.15, -0.1) is 0 Å². The first kappa shape index (κ1) is 14.4. The van der Waals surface area contributed by atoms with Crippen LogP contribution in [0.25, 0.3) is 0 Å². The van der Waals surface area contributed by atoms with Gasteiger partial charge in [-0.3, -0.25) is 0 Å². The molecule has 0 amide bonds. The van der Waals surface area contributed by atoms with Crippen molar-refractivity contribution in [3.8, 4) is 0 Å². The predicted octanol–water partition coefficient (Wildman–Crippen LogP) is 4.67. The molecule has 19 heavy (non-hydrogen) atoms. The lowest BCUT2D eigenvalue weighted by Gasteiger charge is -2.07. The number of hydrogen-bond donors (Lipinski definition) is 1. The van der Waals surface area contributed by atoms with Crippen molar-refractivity contribution in [1.82, 2.24) is 5.32 Å². The first-order chi connectivity index (χ1) is 9.04. The molecule has 1 nitrogen and oxygen atoms in total. The molecule has 0 unspecified atom stereocenters. The second kappa shape index (κ2) is 6.46. The van der Waals surface area contributed by atoms with Crippen molar-refractivity contribution in [3.63, 3.8) is 0 Å². The molecule has 0 aliphatic heterocycles. The molecule has 0 spiro atoms. The van der Waals surface area contributed by atoms with Crippen LogP contribution >= 0.6 is 27.5 Å². The summed E-state index contributed by atoms with van der Waals surface area (Å²) in [5.74, 6) is -0.647. The first-order valence-electron chi connectivity index (χ1n) is 5.64. The van der Waals surface area contributed by atoms with Gasteiger partial charge in [0.1, 0.15) is 11.6 Å². The quantitative estimate of drug-likeness (QED) is 0.848. The van der Waals surface area contributed by atoms with E-state index in [1.165, 1.54) is 18.2 Å². The zero-order valence-electron chi connectivity index (χ0n) is 9.89. The Hall–Kier alpha value is -0.970. The van der Waals surface area contributed by atoms with Crippen molar-refractivity contribution in [2.24, 2.45) is 0 Å². The standard InChI is InChI=1S/C14H11BrClF2N/c15-11-1-2-14(18)10(5-11)8-19-7-9-3-12(16)6-13(17)4-9/h1-6,19H,7-8H2. The fourth-order valence-electron chi connectivity index (χ4n) is 1.73. The van der Waals surface area contributed by atoms with E-state index in [9.17, 15) is 8.78 Å². The van der Waals surface area contributed by atoms with Gasteiger partial charge >= 0.3 is 0 Å². The predicted molar refractivity (Wildman–Crippen MR) is 76.1 cm³/mol. The summed E-state index contributed by atoms with van der Waals surface area (Å²) in [6, 6.07) is 9.08. The molecule has 1 N–H and O–H groups in total. The van der Waals surface area contributed by atoms with Crippen molar-refractivity contribution < 1.29 is 8.78 Å². The molecule has 5 heteroatoms. The van der Waals surface area contributed by atoms with Crippen LogP contribution in [-0.2, 0) is 13.1 Å². The molecular weight excluding hydrogens is 336 g/mol. The minimum atomic E-state index is -0.377. The number of hydrogen-bond acceptors (Lipinski definition) is 1. The molecule has 100 valence electrons. The highest BCUT2D eigenvalue weighted by Crippen LogP contribution is 2.16. The van der Waals surface area contributed by atoms with Crippen LogP contribution in [0, 0.1) is 11.6 Å². The Balaban J connectivity index is 1.98. The number of rotatable bonds is 4. The Morgan fingerprint density at radius 1 is 1.05 bits per heavy atom. The Kier molecular flexibility index (Phi) is 4.91. The molecule has 2 aromatic rings. The van der Waals surface area contributed by atoms with Crippen molar-refractivity contribution in [2.45, 2.75) is 13.1 Å². The van der Waals surface area contributed by atoms with Crippen LogP contribution < -0.4 is 5.32 Å². The van der Waals surface area contributed by atoms with Crippen molar-refractivity contribution >= 4 is 27.5 Å². The van der Waals surface area contributed by atoms with Gasteiger partial charge in [-0.25, -0.2) is 8.78 Å². The molecule has 2 aromatic carbocycles. The minimum absolute atomic E-state index is 0.270. The van der Waals surface area contributed by atoms with Crippen molar-refractivity contribution in [1.29, 1.82) is 0 Å². The highest BCUT2D eigenvalue weighted by molar-refractivity contribution is 9.10. The topological polar surface area (TPSA) is 12.0 Å². The summed E-state index contributed by atoms with van der Waals surface area (Å²) in [6.07, 6.45) is 0. The Labute approximate surface area is 123 Å². The fraction of sp³-hybridized carbons (Fsp3) is 0.143. The van der Waals surface area contributed by atoms with Crippen LogP contribution in [0.15, 0.2) is 40.9 Å². The summed E-state index contributed by atoms with van der Waals surface area (Å²) in [6.45, 7) is 0.781. The van der Waals surface area contributed by atoms with E-state index in [1.54, 1.807) is 18.2 Å². The summed E-state index contributed by atoms with van der Waals surface area (Å²) < 4.78 is 27.4. The van der Waals surface area contributed by atoms with Crippen LogP contribution in [-0.4, -0.2) is 0 Å². The summed E-state index contributed by atoms with van der Waals surface area (Å²) in [5, 5.41) is 3.41. The van der Waals surface area contributed by atoms with Crippen LogP contribution in [0.5, 0.6) is 0 Å². The maximum atomic E-state index is 13.5. The van der Waals surface area contributed by atoms with Gasteiger partial charge in [0, 0.05) is 28.1 Å².